The first-order valence-electron chi connectivity index (χ1n) is 9.64. The highest BCUT2D eigenvalue weighted by Gasteiger charge is 2.51. The van der Waals surface area contributed by atoms with Gasteiger partial charge in [-0.3, -0.25) is 18.9 Å². The van der Waals surface area contributed by atoms with E-state index in [0.717, 1.165) is 0 Å². The Hall–Kier alpha value is -1.44. The number of anilines is 1. The number of nitrogens with zero attached hydrogens (tertiary/aromatic N) is 4. The lowest BCUT2D eigenvalue weighted by atomic mass is 10.1. The van der Waals surface area contributed by atoms with E-state index in [2.05, 4.69) is 40.6 Å². The van der Waals surface area contributed by atoms with Crippen LogP contribution in [0, 0.1) is 0 Å². The van der Waals surface area contributed by atoms with E-state index in [4.69, 9.17) is 31.3 Å². The molecule has 2 aromatic rings. The summed E-state index contributed by atoms with van der Waals surface area (Å²) in [5.74, 6) is -0.0837. The molecule has 30 heavy (non-hydrogen) atoms. The molecule has 2 aliphatic heterocycles. The maximum absolute atomic E-state index is 11.8. The quantitative estimate of drug-likeness (QED) is 0.451. The zero-order valence-corrected chi connectivity index (χ0v) is 18.7. The third-order valence-electron chi connectivity index (χ3n) is 5.03. The van der Waals surface area contributed by atoms with Gasteiger partial charge in [0.1, 0.15) is 18.3 Å². The highest BCUT2D eigenvalue weighted by molar-refractivity contribution is 8.07. The van der Waals surface area contributed by atoms with Crippen molar-refractivity contribution in [2.75, 3.05) is 32.0 Å². The van der Waals surface area contributed by atoms with Crippen LogP contribution in [0.1, 0.15) is 27.0 Å². The first-order valence-corrected chi connectivity index (χ1v) is 12.2. The number of hydrogen-bond donors (Lipinski definition) is 4. The van der Waals surface area contributed by atoms with Crippen LogP contribution in [0.4, 0.5) is 5.95 Å². The number of fused-ring (bicyclic) bond motifs is 2. The molecule has 0 bridgehead atoms. The molecule has 5 N–H and O–H groups in total. The predicted octanol–water partition coefficient (Wildman–Crippen LogP) is -0.0596. The summed E-state index contributed by atoms with van der Waals surface area (Å²) in [6.07, 6.45) is -2.23. The standard InChI is InChI=1S/C10H12N5O6PS.C6H15N/c11-10-13-7-4(8(17)14-10)12-2-15(7)9-5(16)6-3(20-9)1-19-22(18,23)21-6;1-4-7(5-2)6-3/h2-3,5-6,9,16H,1H2,(H,18,23)(H3,11,13,14,17);4-6H2,1-3H3. The lowest BCUT2D eigenvalue weighted by Gasteiger charge is -2.30. The zero-order valence-electron chi connectivity index (χ0n) is 17.0. The van der Waals surface area contributed by atoms with Gasteiger partial charge in [0.25, 0.3) is 5.56 Å². The van der Waals surface area contributed by atoms with Crippen LogP contribution in [0.25, 0.3) is 11.2 Å². The van der Waals surface area contributed by atoms with Gasteiger partial charge in [-0.2, -0.15) is 4.98 Å². The molecule has 2 saturated heterocycles. The number of hydrogen-bond acceptors (Lipinski definition) is 10. The summed E-state index contributed by atoms with van der Waals surface area (Å²) in [5, 5.41) is 10.4. The fraction of sp³-hybridized carbons (Fsp3) is 0.688. The number of imidazole rings is 1. The van der Waals surface area contributed by atoms with Crippen LogP contribution in [0.15, 0.2) is 11.1 Å². The second kappa shape index (κ2) is 9.37. The number of nitrogens with two attached hydrogens (primary N) is 1. The molecule has 5 atom stereocenters. The van der Waals surface area contributed by atoms with E-state index in [1.807, 2.05) is 0 Å². The molecule has 4 heterocycles. The van der Waals surface area contributed by atoms with Gasteiger partial charge in [-0.1, -0.05) is 20.8 Å². The molecule has 0 spiro atoms. The molecule has 4 rings (SSSR count). The summed E-state index contributed by atoms with van der Waals surface area (Å²) < 4.78 is 17.3. The molecule has 2 fully saturated rings. The monoisotopic (exact) mass is 462 g/mol. The molecule has 168 valence electrons. The summed E-state index contributed by atoms with van der Waals surface area (Å²) in [5.41, 5.74) is 5.27. The molecule has 0 amide bonds. The highest BCUT2D eigenvalue weighted by atomic mass is 32.5. The Balaban J connectivity index is 0.000000318. The van der Waals surface area contributed by atoms with Gasteiger partial charge in [0.15, 0.2) is 17.4 Å². The van der Waals surface area contributed by atoms with Gasteiger partial charge in [0, 0.05) is 0 Å². The minimum Gasteiger partial charge on any atom is -0.386 e. The van der Waals surface area contributed by atoms with Gasteiger partial charge in [-0.15, -0.1) is 0 Å². The van der Waals surface area contributed by atoms with Crippen LogP contribution in [-0.4, -0.2) is 79.0 Å². The number of nitrogen functional groups attached to an aromatic ring is 1. The number of aliphatic hydroxyl groups excluding tert-OH is 1. The van der Waals surface area contributed by atoms with Crippen molar-refractivity contribution in [3.63, 3.8) is 0 Å². The van der Waals surface area contributed by atoms with Crippen molar-refractivity contribution in [1.29, 1.82) is 0 Å². The smallest absolute Gasteiger partial charge is 0.325 e. The average molecular weight is 462 g/mol. The van der Waals surface area contributed by atoms with E-state index >= 15 is 0 Å². The van der Waals surface area contributed by atoms with Gasteiger partial charge in [-0.05, 0) is 31.4 Å². The lowest BCUT2D eigenvalue weighted by molar-refractivity contribution is -0.0593. The number of aliphatic hydroxyl groups is 1. The van der Waals surface area contributed by atoms with Crippen molar-refractivity contribution in [1.82, 2.24) is 24.4 Å². The molecular formula is C16H27N6O6PS. The SMILES string of the molecule is CCN(CC)CC.Nc1nc2c(ncn2C2OC3COP(O)(=S)OC3C2O)c(=O)[nH]1. The maximum Gasteiger partial charge on any atom is 0.325 e. The third kappa shape index (κ3) is 4.73. The van der Waals surface area contributed by atoms with Crippen molar-refractivity contribution < 1.29 is 23.8 Å². The minimum absolute atomic E-state index is 0.00517. The Bertz CT molecular complexity index is 975. The summed E-state index contributed by atoms with van der Waals surface area (Å²) in [6.45, 7) is 6.74. The van der Waals surface area contributed by atoms with Crippen LogP contribution in [0.2, 0.25) is 0 Å². The van der Waals surface area contributed by atoms with E-state index < -0.39 is 36.8 Å². The second-order valence-corrected chi connectivity index (χ2v) is 9.58. The largest absolute Gasteiger partial charge is 0.386 e. The van der Waals surface area contributed by atoms with Gasteiger partial charge in [0.05, 0.1) is 12.9 Å². The van der Waals surface area contributed by atoms with E-state index in [9.17, 15) is 14.8 Å². The Labute approximate surface area is 178 Å². The molecule has 0 aromatic carbocycles. The maximum atomic E-state index is 11.8. The molecular weight excluding hydrogens is 435 g/mol. The van der Waals surface area contributed by atoms with Crippen LogP contribution in [-0.2, 0) is 25.6 Å². The zero-order chi connectivity index (χ0) is 22.1. The molecule has 5 unspecified atom stereocenters. The molecule has 0 aliphatic carbocycles. The minimum atomic E-state index is -3.38. The Kier molecular flexibility index (Phi) is 7.25. The van der Waals surface area contributed by atoms with Crippen molar-refractivity contribution in [3.8, 4) is 0 Å². The van der Waals surface area contributed by atoms with Crippen molar-refractivity contribution in [3.05, 3.63) is 16.7 Å². The molecule has 0 radical (unpaired) electrons. The molecule has 2 aliphatic rings. The predicted molar refractivity (Wildman–Crippen MR) is 113 cm³/mol. The van der Waals surface area contributed by atoms with E-state index in [-0.39, 0.29) is 23.7 Å². The molecule has 12 nitrogen and oxygen atoms in total. The molecule has 2 aromatic heterocycles. The van der Waals surface area contributed by atoms with Gasteiger partial charge < -0.3 is 29.9 Å². The number of aromatic amines is 1. The number of aromatic nitrogens is 4. The van der Waals surface area contributed by atoms with E-state index in [0.29, 0.717) is 0 Å². The molecule has 0 saturated carbocycles. The van der Waals surface area contributed by atoms with Gasteiger partial charge in [-0.25, -0.2) is 4.98 Å². The first-order chi connectivity index (χ1) is 14.2. The second-order valence-electron chi connectivity index (χ2n) is 6.78. The number of ether oxygens (including phenoxy) is 1. The highest BCUT2D eigenvalue weighted by Crippen LogP contribution is 2.52. The number of rotatable bonds is 4. The van der Waals surface area contributed by atoms with Crippen LogP contribution in [0.5, 0.6) is 0 Å². The van der Waals surface area contributed by atoms with Crippen LogP contribution in [0.3, 0.4) is 0 Å². The summed E-state index contributed by atoms with van der Waals surface area (Å²) in [7, 11) is 0. The van der Waals surface area contributed by atoms with E-state index in [1.54, 1.807) is 0 Å². The summed E-state index contributed by atoms with van der Waals surface area (Å²) in [6, 6.07) is 0. The number of nitrogens with one attached hydrogen (secondary N) is 1. The van der Waals surface area contributed by atoms with Crippen LogP contribution < -0.4 is 11.3 Å². The summed E-state index contributed by atoms with van der Waals surface area (Å²) in [4.78, 5) is 34.2. The van der Waals surface area contributed by atoms with Crippen molar-refractivity contribution in [2.24, 2.45) is 0 Å². The van der Waals surface area contributed by atoms with Gasteiger partial charge >= 0.3 is 6.72 Å². The lowest BCUT2D eigenvalue weighted by Crippen LogP contribution is -2.39. The Morgan fingerprint density at radius 3 is 2.67 bits per heavy atom. The average Bonchev–Trinajstić information content (AvgIpc) is 3.24. The Morgan fingerprint density at radius 2 is 2.07 bits per heavy atom. The normalized spacial score (nSPS) is 30.9. The third-order valence-corrected chi connectivity index (χ3v) is 6.59. The fourth-order valence-electron chi connectivity index (χ4n) is 3.37. The Morgan fingerprint density at radius 1 is 1.40 bits per heavy atom. The number of H-pyrrole nitrogens is 1. The van der Waals surface area contributed by atoms with Crippen molar-refractivity contribution >= 4 is 35.6 Å². The topological polar surface area (TPSA) is 161 Å². The summed E-state index contributed by atoms with van der Waals surface area (Å²) >= 11 is 4.78. The van der Waals surface area contributed by atoms with Gasteiger partial charge in [0.2, 0.25) is 5.95 Å². The van der Waals surface area contributed by atoms with Crippen molar-refractivity contribution in [2.45, 2.75) is 45.3 Å². The van der Waals surface area contributed by atoms with Crippen LogP contribution >= 0.6 is 6.72 Å². The molecule has 14 heteroatoms. The first kappa shape index (κ1) is 23.2. The van der Waals surface area contributed by atoms with E-state index in [1.165, 1.54) is 30.5 Å². The fourth-order valence-corrected chi connectivity index (χ4v) is 4.81.